The maximum Gasteiger partial charge on any atom is 0.266 e. The standard InChI is InChI=1S/C23H20ClN3O2S/c1-14-12-19(15(2)26(14)3)21(28)13-30-23-25-20-7-5-4-6-18(20)22(29)27(23)17-10-8-16(24)9-11-17/h4-12H,13H2,1-3H3. The summed E-state index contributed by atoms with van der Waals surface area (Å²) >= 11 is 7.28. The van der Waals surface area contributed by atoms with Gasteiger partial charge < -0.3 is 4.57 Å². The number of aryl methyl sites for hydroxylation is 1. The van der Waals surface area contributed by atoms with Crippen molar-refractivity contribution in [1.29, 1.82) is 0 Å². The lowest BCUT2D eigenvalue weighted by atomic mass is 10.2. The van der Waals surface area contributed by atoms with E-state index in [0.29, 0.717) is 32.3 Å². The zero-order chi connectivity index (χ0) is 21.4. The van der Waals surface area contributed by atoms with E-state index >= 15 is 0 Å². The van der Waals surface area contributed by atoms with Crippen LogP contribution in [0.3, 0.4) is 0 Å². The molecule has 0 N–H and O–H groups in total. The molecule has 0 unspecified atom stereocenters. The Morgan fingerprint density at radius 1 is 1.10 bits per heavy atom. The van der Waals surface area contributed by atoms with Gasteiger partial charge in [0.1, 0.15) is 0 Å². The zero-order valence-corrected chi connectivity index (χ0v) is 18.4. The summed E-state index contributed by atoms with van der Waals surface area (Å²) in [5.41, 5.74) is 3.74. The molecule has 0 radical (unpaired) electrons. The number of carbonyl (C=O) groups is 1. The van der Waals surface area contributed by atoms with Gasteiger partial charge >= 0.3 is 0 Å². The molecule has 0 amide bonds. The van der Waals surface area contributed by atoms with Crippen molar-refractivity contribution in [3.63, 3.8) is 0 Å². The van der Waals surface area contributed by atoms with Crippen molar-refractivity contribution in [2.45, 2.75) is 19.0 Å². The number of benzene rings is 2. The molecule has 2 heterocycles. The summed E-state index contributed by atoms with van der Waals surface area (Å²) in [6.07, 6.45) is 0. The summed E-state index contributed by atoms with van der Waals surface area (Å²) in [6, 6.07) is 16.1. The highest BCUT2D eigenvalue weighted by Gasteiger charge is 2.18. The number of fused-ring (bicyclic) bond motifs is 1. The first-order valence-electron chi connectivity index (χ1n) is 9.43. The number of aromatic nitrogens is 3. The van der Waals surface area contributed by atoms with E-state index in [1.54, 1.807) is 41.0 Å². The third kappa shape index (κ3) is 3.68. The van der Waals surface area contributed by atoms with Gasteiger partial charge in [-0.1, -0.05) is 35.5 Å². The van der Waals surface area contributed by atoms with Gasteiger partial charge in [-0.25, -0.2) is 4.98 Å². The normalized spacial score (nSPS) is 11.2. The summed E-state index contributed by atoms with van der Waals surface area (Å²) in [4.78, 5) is 30.8. The van der Waals surface area contributed by atoms with E-state index in [1.165, 1.54) is 11.8 Å². The van der Waals surface area contributed by atoms with Gasteiger partial charge in [0, 0.05) is 29.0 Å². The Morgan fingerprint density at radius 2 is 1.80 bits per heavy atom. The van der Waals surface area contributed by atoms with Crippen molar-refractivity contribution in [3.8, 4) is 5.69 Å². The predicted octanol–water partition coefficient (Wildman–Crippen LogP) is 4.97. The molecule has 4 aromatic rings. The van der Waals surface area contributed by atoms with Crippen molar-refractivity contribution < 1.29 is 4.79 Å². The molecule has 0 bridgehead atoms. The second-order valence-corrected chi connectivity index (χ2v) is 8.46. The molecule has 0 spiro atoms. The summed E-state index contributed by atoms with van der Waals surface area (Å²) in [5.74, 6) is 0.189. The van der Waals surface area contributed by atoms with Gasteiger partial charge in [-0.2, -0.15) is 0 Å². The second-order valence-electron chi connectivity index (χ2n) is 7.08. The van der Waals surface area contributed by atoms with E-state index in [0.717, 1.165) is 11.4 Å². The zero-order valence-electron chi connectivity index (χ0n) is 16.8. The van der Waals surface area contributed by atoms with Crippen LogP contribution in [0.4, 0.5) is 0 Å². The van der Waals surface area contributed by atoms with E-state index < -0.39 is 0 Å². The lowest BCUT2D eigenvalue weighted by molar-refractivity contribution is 0.102. The Hall–Kier alpha value is -2.83. The van der Waals surface area contributed by atoms with Gasteiger partial charge in [0.05, 0.1) is 22.3 Å². The topological polar surface area (TPSA) is 56.9 Å². The van der Waals surface area contributed by atoms with Crippen LogP contribution in [0.5, 0.6) is 0 Å². The lowest BCUT2D eigenvalue weighted by Gasteiger charge is -2.13. The molecule has 152 valence electrons. The van der Waals surface area contributed by atoms with E-state index in [9.17, 15) is 9.59 Å². The number of nitrogens with zero attached hydrogens (tertiary/aromatic N) is 3. The highest BCUT2D eigenvalue weighted by atomic mass is 35.5. The van der Waals surface area contributed by atoms with Gasteiger partial charge in [0.2, 0.25) is 0 Å². The highest BCUT2D eigenvalue weighted by molar-refractivity contribution is 7.99. The number of rotatable bonds is 5. The average Bonchev–Trinajstić information content (AvgIpc) is 3.00. The van der Waals surface area contributed by atoms with E-state index in [2.05, 4.69) is 4.98 Å². The molecule has 30 heavy (non-hydrogen) atoms. The van der Waals surface area contributed by atoms with E-state index in [1.807, 2.05) is 43.7 Å². The summed E-state index contributed by atoms with van der Waals surface area (Å²) < 4.78 is 3.54. The SMILES string of the molecule is Cc1cc(C(=O)CSc2nc3ccccc3c(=O)n2-c2ccc(Cl)cc2)c(C)n1C. The minimum Gasteiger partial charge on any atom is -0.351 e. The van der Waals surface area contributed by atoms with Gasteiger partial charge in [-0.15, -0.1) is 0 Å². The van der Waals surface area contributed by atoms with E-state index in [-0.39, 0.29) is 17.1 Å². The molecule has 2 aromatic heterocycles. The summed E-state index contributed by atoms with van der Waals surface area (Å²) in [5, 5.41) is 1.58. The largest absolute Gasteiger partial charge is 0.351 e. The first-order chi connectivity index (χ1) is 14.4. The maximum atomic E-state index is 13.2. The number of thioether (sulfide) groups is 1. The van der Waals surface area contributed by atoms with Gasteiger partial charge in [0.25, 0.3) is 5.56 Å². The molecule has 0 atom stereocenters. The number of ketones is 1. The van der Waals surface area contributed by atoms with Crippen molar-refractivity contribution in [2.75, 3.05) is 5.75 Å². The van der Waals surface area contributed by atoms with Crippen LogP contribution >= 0.6 is 23.4 Å². The van der Waals surface area contributed by atoms with Gasteiger partial charge in [0.15, 0.2) is 10.9 Å². The maximum absolute atomic E-state index is 13.2. The fourth-order valence-corrected chi connectivity index (χ4v) is 4.39. The van der Waals surface area contributed by atoms with Crippen molar-refractivity contribution in [2.24, 2.45) is 7.05 Å². The van der Waals surface area contributed by atoms with Crippen LogP contribution in [-0.4, -0.2) is 25.7 Å². The highest BCUT2D eigenvalue weighted by Crippen LogP contribution is 2.24. The van der Waals surface area contributed by atoms with Crippen molar-refractivity contribution in [3.05, 3.63) is 86.9 Å². The summed E-state index contributed by atoms with van der Waals surface area (Å²) in [6.45, 7) is 3.91. The molecule has 0 aliphatic carbocycles. The van der Waals surface area contributed by atoms with Gasteiger partial charge in [-0.3, -0.25) is 14.2 Å². The van der Waals surface area contributed by atoms with Crippen LogP contribution < -0.4 is 5.56 Å². The Balaban J connectivity index is 1.76. The van der Waals surface area contributed by atoms with Gasteiger partial charge in [-0.05, 0) is 56.3 Å². The third-order valence-electron chi connectivity index (χ3n) is 5.24. The third-order valence-corrected chi connectivity index (χ3v) is 6.43. The molecule has 0 aliphatic rings. The van der Waals surface area contributed by atoms with Crippen molar-refractivity contribution >= 4 is 40.0 Å². The van der Waals surface area contributed by atoms with Crippen LogP contribution in [-0.2, 0) is 7.05 Å². The Bertz CT molecular complexity index is 1320. The molecule has 0 saturated carbocycles. The minimum absolute atomic E-state index is 0.00580. The number of halogens is 1. The Kier molecular flexibility index (Phi) is 5.54. The number of hydrogen-bond acceptors (Lipinski definition) is 4. The van der Waals surface area contributed by atoms with Crippen LogP contribution in [0.1, 0.15) is 21.7 Å². The first kappa shape index (κ1) is 20.4. The Labute approximate surface area is 183 Å². The van der Waals surface area contributed by atoms with Crippen LogP contribution in [0.25, 0.3) is 16.6 Å². The molecule has 4 rings (SSSR count). The van der Waals surface area contributed by atoms with Crippen LogP contribution in [0, 0.1) is 13.8 Å². The molecule has 5 nitrogen and oxygen atoms in total. The average molecular weight is 438 g/mol. The molecule has 2 aromatic carbocycles. The minimum atomic E-state index is -0.176. The molecular formula is C23H20ClN3O2S. The van der Waals surface area contributed by atoms with E-state index in [4.69, 9.17) is 11.6 Å². The molecule has 0 saturated heterocycles. The summed E-state index contributed by atoms with van der Waals surface area (Å²) in [7, 11) is 1.94. The fourth-order valence-electron chi connectivity index (χ4n) is 3.37. The van der Waals surface area contributed by atoms with Crippen molar-refractivity contribution in [1.82, 2.24) is 14.1 Å². The molecular weight excluding hydrogens is 418 g/mol. The fraction of sp³-hybridized carbons (Fsp3) is 0.174. The Morgan fingerprint density at radius 3 is 2.47 bits per heavy atom. The smallest absolute Gasteiger partial charge is 0.266 e. The predicted molar refractivity (Wildman–Crippen MR) is 122 cm³/mol. The monoisotopic (exact) mass is 437 g/mol. The second kappa shape index (κ2) is 8.13. The van der Waals surface area contributed by atoms with Crippen LogP contribution in [0.15, 0.2) is 64.5 Å². The quantitative estimate of drug-likeness (QED) is 0.251. The lowest BCUT2D eigenvalue weighted by Crippen LogP contribution is -2.22. The molecule has 0 fully saturated rings. The number of hydrogen-bond donors (Lipinski definition) is 0. The molecule has 7 heteroatoms. The first-order valence-corrected chi connectivity index (χ1v) is 10.8. The van der Waals surface area contributed by atoms with Crippen LogP contribution in [0.2, 0.25) is 5.02 Å². The number of carbonyl (C=O) groups excluding carboxylic acids is 1. The number of Topliss-reactive ketones (excluding diaryl/α,β-unsaturated/α-hetero) is 1. The number of para-hydroxylation sites is 1. The molecule has 0 aliphatic heterocycles.